The lowest BCUT2D eigenvalue weighted by Gasteiger charge is -2.13. The molecule has 2 aromatic carbocycles. The number of anilines is 1. The van der Waals surface area contributed by atoms with Gasteiger partial charge in [0.15, 0.2) is 11.5 Å². The molecule has 2 heterocycles. The lowest BCUT2D eigenvalue weighted by Crippen LogP contribution is -2.28. The van der Waals surface area contributed by atoms with Crippen molar-refractivity contribution in [3.8, 4) is 17.2 Å². The summed E-state index contributed by atoms with van der Waals surface area (Å²) < 4.78 is 40.7. The maximum absolute atomic E-state index is 12.7. The average Bonchev–Trinajstić information content (AvgIpc) is 2.97. The number of aromatic nitrogens is 2. The zero-order valence-corrected chi connectivity index (χ0v) is 19.3. The van der Waals surface area contributed by atoms with Crippen LogP contribution in [0.15, 0.2) is 53.4 Å². The zero-order chi connectivity index (χ0) is 23.4. The molecule has 0 fully saturated rings. The van der Waals surface area contributed by atoms with Crippen LogP contribution in [0.5, 0.6) is 11.5 Å². The second kappa shape index (κ2) is 9.63. The molecule has 0 saturated carbocycles. The van der Waals surface area contributed by atoms with Crippen molar-refractivity contribution >= 4 is 21.6 Å². The van der Waals surface area contributed by atoms with Crippen LogP contribution in [0.2, 0.25) is 0 Å². The maximum atomic E-state index is 12.7. The summed E-state index contributed by atoms with van der Waals surface area (Å²) in [6, 6.07) is 13.8. The van der Waals surface area contributed by atoms with Crippen molar-refractivity contribution in [2.75, 3.05) is 25.1 Å². The molecule has 4 rings (SSSR count). The van der Waals surface area contributed by atoms with E-state index in [-0.39, 0.29) is 23.8 Å². The lowest BCUT2D eigenvalue weighted by atomic mass is 10.2. The van der Waals surface area contributed by atoms with E-state index in [1.54, 1.807) is 16.8 Å². The molecule has 10 heteroatoms. The standard InChI is InChI=1S/C23H26N4O5S/c1-16-14-17(2)27(26-16)20-7-4-3-6-19(20)25-23(28)10-11-24-33(29,30)18-8-9-21-22(15-18)32-13-5-12-31-21/h3-4,6-9,14-15,24H,5,10-13H2,1-2H3,(H,25,28). The van der Waals surface area contributed by atoms with Gasteiger partial charge in [0, 0.05) is 31.1 Å². The van der Waals surface area contributed by atoms with Crippen molar-refractivity contribution < 1.29 is 22.7 Å². The van der Waals surface area contributed by atoms with E-state index in [1.807, 2.05) is 38.1 Å². The fourth-order valence-corrected chi connectivity index (χ4v) is 4.59. The highest BCUT2D eigenvalue weighted by molar-refractivity contribution is 7.89. The van der Waals surface area contributed by atoms with Crippen molar-refractivity contribution in [2.45, 2.75) is 31.6 Å². The first-order valence-corrected chi connectivity index (χ1v) is 12.1. The van der Waals surface area contributed by atoms with Crippen LogP contribution >= 0.6 is 0 Å². The topological polar surface area (TPSA) is 112 Å². The van der Waals surface area contributed by atoms with Crippen molar-refractivity contribution in [3.63, 3.8) is 0 Å². The number of ether oxygens (including phenoxy) is 2. The molecular formula is C23H26N4O5S. The quantitative estimate of drug-likeness (QED) is 0.549. The minimum atomic E-state index is -3.81. The fraction of sp³-hybridized carbons (Fsp3) is 0.304. The summed E-state index contributed by atoms with van der Waals surface area (Å²) in [6.45, 7) is 4.77. The second-order valence-corrected chi connectivity index (χ2v) is 9.48. The first-order chi connectivity index (χ1) is 15.8. The van der Waals surface area contributed by atoms with Gasteiger partial charge in [0.1, 0.15) is 0 Å². The van der Waals surface area contributed by atoms with Crippen LogP contribution in [0, 0.1) is 13.8 Å². The smallest absolute Gasteiger partial charge is 0.240 e. The Kier molecular flexibility index (Phi) is 6.66. The van der Waals surface area contributed by atoms with Gasteiger partial charge >= 0.3 is 0 Å². The Morgan fingerprint density at radius 2 is 1.82 bits per heavy atom. The van der Waals surface area contributed by atoms with Crippen LogP contribution in [0.1, 0.15) is 24.2 Å². The van der Waals surface area contributed by atoms with Gasteiger partial charge < -0.3 is 14.8 Å². The highest BCUT2D eigenvalue weighted by Crippen LogP contribution is 2.31. The number of para-hydroxylation sites is 2. The first-order valence-electron chi connectivity index (χ1n) is 10.7. The van der Waals surface area contributed by atoms with Gasteiger partial charge in [0.05, 0.1) is 35.2 Å². The Morgan fingerprint density at radius 1 is 1.06 bits per heavy atom. The molecule has 0 atom stereocenters. The number of hydrogen-bond donors (Lipinski definition) is 2. The van der Waals surface area contributed by atoms with Crippen LogP contribution < -0.4 is 19.5 Å². The Bertz CT molecular complexity index is 1270. The van der Waals surface area contributed by atoms with Gasteiger partial charge in [0.25, 0.3) is 0 Å². The minimum Gasteiger partial charge on any atom is -0.490 e. The Hall–Kier alpha value is -3.37. The Balaban J connectivity index is 1.38. The highest BCUT2D eigenvalue weighted by atomic mass is 32.2. The molecule has 33 heavy (non-hydrogen) atoms. The van der Waals surface area contributed by atoms with Crippen LogP contribution in [-0.4, -0.2) is 43.9 Å². The molecule has 2 N–H and O–H groups in total. The minimum absolute atomic E-state index is 0.0325. The molecular weight excluding hydrogens is 444 g/mol. The van der Waals surface area contributed by atoms with Crippen molar-refractivity contribution in [2.24, 2.45) is 0 Å². The third kappa shape index (κ3) is 5.35. The monoisotopic (exact) mass is 470 g/mol. The number of carbonyl (C=O) groups excluding carboxylic acids is 1. The number of benzene rings is 2. The van der Waals surface area contributed by atoms with E-state index in [9.17, 15) is 13.2 Å². The van der Waals surface area contributed by atoms with E-state index in [0.29, 0.717) is 30.4 Å². The predicted molar refractivity (Wildman–Crippen MR) is 124 cm³/mol. The molecule has 0 spiro atoms. The molecule has 0 unspecified atom stereocenters. The van der Waals surface area contributed by atoms with Crippen molar-refractivity contribution in [1.82, 2.24) is 14.5 Å². The largest absolute Gasteiger partial charge is 0.490 e. The number of hydrogen-bond acceptors (Lipinski definition) is 6. The normalized spacial score (nSPS) is 13.4. The summed E-state index contributed by atoms with van der Waals surface area (Å²) in [6.07, 6.45) is 0.696. The van der Waals surface area contributed by atoms with Gasteiger partial charge in [-0.3, -0.25) is 4.79 Å². The molecule has 1 amide bonds. The van der Waals surface area contributed by atoms with Crippen molar-refractivity contribution in [3.05, 3.63) is 59.9 Å². The summed E-state index contributed by atoms with van der Waals surface area (Å²) in [5, 5.41) is 7.32. The highest BCUT2D eigenvalue weighted by Gasteiger charge is 2.19. The molecule has 0 radical (unpaired) electrons. The van der Waals surface area contributed by atoms with Gasteiger partial charge in [0.2, 0.25) is 15.9 Å². The SMILES string of the molecule is Cc1cc(C)n(-c2ccccc2NC(=O)CCNS(=O)(=O)c2ccc3c(c2)OCCCO3)n1. The molecule has 3 aromatic rings. The molecule has 0 aliphatic carbocycles. The lowest BCUT2D eigenvalue weighted by molar-refractivity contribution is -0.116. The summed E-state index contributed by atoms with van der Waals surface area (Å²) in [7, 11) is -3.81. The molecule has 0 saturated heterocycles. The number of nitrogens with zero attached hydrogens (tertiary/aromatic N) is 2. The first kappa shape index (κ1) is 22.8. The molecule has 1 aliphatic rings. The van der Waals surface area contributed by atoms with E-state index in [1.165, 1.54) is 12.1 Å². The van der Waals surface area contributed by atoms with Gasteiger partial charge in [-0.15, -0.1) is 0 Å². The molecule has 0 bridgehead atoms. The number of fused-ring (bicyclic) bond motifs is 1. The van der Waals surface area contributed by atoms with E-state index in [0.717, 1.165) is 23.5 Å². The second-order valence-electron chi connectivity index (χ2n) is 7.71. The zero-order valence-electron chi connectivity index (χ0n) is 18.5. The number of amides is 1. The Labute approximate surface area is 192 Å². The van der Waals surface area contributed by atoms with Crippen LogP contribution in [0.3, 0.4) is 0 Å². The maximum Gasteiger partial charge on any atom is 0.240 e. The summed E-state index contributed by atoms with van der Waals surface area (Å²) in [4.78, 5) is 12.6. The average molecular weight is 471 g/mol. The third-order valence-corrected chi connectivity index (χ3v) is 6.55. The van der Waals surface area contributed by atoms with E-state index in [2.05, 4.69) is 15.1 Å². The number of aryl methyl sites for hydroxylation is 2. The Morgan fingerprint density at radius 3 is 2.58 bits per heavy atom. The molecule has 9 nitrogen and oxygen atoms in total. The van der Waals surface area contributed by atoms with Crippen LogP contribution in [0.4, 0.5) is 5.69 Å². The van der Waals surface area contributed by atoms with E-state index in [4.69, 9.17) is 9.47 Å². The van der Waals surface area contributed by atoms with Crippen LogP contribution in [-0.2, 0) is 14.8 Å². The van der Waals surface area contributed by atoms with E-state index >= 15 is 0 Å². The summed E-state index contributed by atoms with van der Waals surface area (Å²) in [5.74, 6) is 0.603. The van der Waals surface area contributed by atoms with Crippen molar-refractivity contribution in [1.29, 1.82) is 0 Å². The predicted octanol–water partition coefficient (Wildman–Crippen LogP) is 2.96. The number of sulfonamides is 1. The summed E-state index contributed by atoms with van der Waals surface area (Å²) >= 11 is 0. The van der Waals surface area contributed by atoms with Gasteiger partial charge in [-0.25, -0.2) is 17.8 Å². The number of nitrogens with one attached hydrogen (secondary N) is 2. The number of rotatable bonds is 7. The van der Waals surface area contributed by atoms with Gasteiger partial charge in [-0.05, 0) is 44.2 Å². The number of carbonyl (C=O) groups is 1. The molecule has 174 valence electrons. The third-order valence-electron chi connectivity index (χ3n) is 5.09. The molecule has 1 aromatic heterocycles. The van der Waals surface area contributed by atoms with Gasteiger partial charge in [-0.1, -0.05) is 12.1 Å². The van der Waals surface area contributed by atoms with Crippen LogP contribution in [0.25, 0.3) is 5.69 Å². The summed E-state index contributed by atoms with van der Waals surface area (Å²) in [5.41, 5.74) is 3.15. The molecule has 1 aliphatic heterocycles. The van der Waals surface area contributed by atoms with Gasteiger partial charge in [-0.2, -0.15) is 5.10 Å². The van der Waals surface area contributed by atoms with E-state index < -0.39 is 10.0 Å². The fourth-order valence-electron chi connectivity index (χ4n) is 3.54.